The Morgan fingerprint density at radius 2 is 2.00 bits per heavy atom. The monoisotopic (exact) mass is 293 g/mol. The van der Waals surface area contributed by atoms with Crippen LogP contribution in [0.1, 0.15) is 29.7 Å². The molecule has 0 saturated carbocycles. The molecule has 2 rings (SSSR count). The maximum Gasteiger partial charge on any atom is 0.138 e. The fourth-order valence-electron chi connectivity index (χ4n) is 1.87. The third-order valence-electron chi connectivity index (χ3n) is 3.18. The van der Waals surface area contributed by atoms with E-state index in [0.29, 0.717) is 10.8 Å². The Labute approximate surface area is 123 Å². The highest BCUT2D eigenvalue weighted by molar-refractivity contribution is 6.32. The van der Waals surface area contributed by atoms with Crippen molar-refractivity contribution in [2.75, 3.05) is 0 Å². The number of hydrogen-bond donors (Lipinski definition) is 1. The van der Waals surface area contributed by atoms with Crippen molar-refractivity contribution >= 4 is 11.6 Å². The van der Waals surface area contributed by atoms with Crippen LogP contribution in [0.2, 0.25) is 5.02 Å². The molecule has 2 nitrogen and oxygen atoms in total. The average molecular weight is 294 g/mol. The first-order valence-corrected chi connectivity index (χ1v) is 6.78. The summed E-state index contributed by atoms with van der Waals surface area (Å²) in [7, 11) is 0. The predicted molar refractivity (Wildman–Crippen MR) is 79.5 cm³/mol. The van der Waals surface area contributed by atoms with Crippen LogP contribution in [-0.4, -0.2) is 0 Å². The van der Waals surface area contributed by atoms with Gasteiger partial charge in [-0.25, -0.2) is 4.39 Å². The third kappa shape index (κ3) is 3.50. The van der Waals surface area contributed by atoms with E-state index in [1.807, 2.05) is 19.9 Å². The molecule has 1 unspecified atom stereocenters. The molecule has 0 aliphatic rings. The molecule has 0 amide bonds. The highest BCUT2D eigenvalue weighted by atomic mass is 35.5. The second kappa shape index (κ2) is 6.25. The first-order valence-electron chi connectivity index (χ1n) is 6.40. The predicted octanol–water partition coefficient (Wildman–Crippen LogP) is 4.39. The Hall–Kier alpha value is -1.58. The van der Waals surface area contributed by atoms with Crippen LogP contribution < -0.4 is 10.5 Å². The summed E-state index contributed by atoms with van der Waals surface area (Å²) in [5, 5.41) is 0.508. The zero-order valence-electron chi connectivity index (χ0n) is 11.5. The minimum absolute atomic E-state index is 0.0768. The zero-order valence-corrected chi connectivity index (χ0v) is 12.2. The highest BCUT2D eigenvalue weighted by Crippen LogP contribution is 2.28. The van der Waals surface area contributed by atoms with Gasteiger partial charge in [-0.2, -0.15) is 0 Å². The molecule has 20 heavy (non-hydrogen) atoms. The average Bonchev–Trinajstić information content (AvgIpc) is 2.40. The molecule has 0 fully saturated rings. The Bertz CT molecular complexity index is 613. The van der Waals surface area contributed by atoms with E-state index >= 15 is 0 Å². The smallest absolute Gasteiger partial charge is 0.138 e. The summed E-state index contributed by atoms with van der Waals surface area (Å²) >= 11 is 6.16. The maximum atomic E-state index is 13.2. The molecule has 0 saturated heterocycles. The van der Waals surface area contributed by atoms with E-state index in [0.717, 1.165) is 16.7 Å². The minimum Gasteiger partial charge on any atom is -0.487 e. The van der Waals surface area contributed by atoms with Crippen LogP contribution in [0, 0.1) is 12.7 Å². The summed E-state index contributed by atoms with van der Waals surface area (Å²) in [5.74, 6) is 0.298. The van der Waals surface area contributed by atoms with Gasteiger partial charge in [-0.1, -0.05) is 23.7 Å². The number of halogens is 2. The topological polar surface area (TPSA) is 35.2 Å². The molecule has 0 spiro atoms. The van der Waals surface area contributed by atoms with Crippen molar-refractivity contribution in [1.82, 2.24) is 0 Å². The van der Waals surface area contributed by atoms with Gasteiger partial charge in [0.1, 0.15) is 18.2 Å². The summed E-state index contributed by atoms with van der Waals surface area (Å²) in [5.41, 5.74) is 8.53. The molecule has 0 bridgehead atoms. The molecule has 0 heterocycles. The van der Waals surface area contributed by atoms with Crippen LogP contribution >= 0.6 is 11.6 Å². The van der Waals surface area contributed by atoms with Gasteiger partial charge in [0.05, 0.1) is 5.02 Å². The highest BCUT2D eigenvalue weighted by Gasteiger charge is 2.07. The minimum atomic E-state index is -0.271. The van der Waals surface area contributed by atoms with Gasteiger partial charge in [0.25, 0.3) is 0 Å². The van der Waals surface area contributed by atoms with Gasteiger partial charge in [-0.3, -0.25) is 0 Å². The van der Waals surface area contributed by atoms with E-state index in [-0.39, 0.29) is 18.5 Å². The molecule has 2 N–H and O–H groups in total. The lowest BCUT2D eigenvalue weighted by Gasteiger charge is -2.12. The number of rotatable bonds is 4. The second-order valence-electron chi connectivity index (χ2n) is 4.84. The lowest BCUT2D eigenvalue weighted by atomic mass is 10.1. The Kier molecular flexibility index (Phi) is 4.63. The van der Waals surface area contributed by atoms with E-state index in [9.17, 15) is 4.39 Å². The normalized spacial score (nSPS) is 12.2. The molecule has 0 aromatic heterocycles. The van der Waals surface area contributed by atoms with Crippen LogP contribution in [0.3, 0.4) is 0 Å². The van der Waals surface area contributed by atoms with Crippen molar-refractivity contribution < 1.29 is 9.13 Å². The summed E-state index contributed by atoms with van der Waals surface area (Å²) < 4.78 is 18.9. The number of hydrogen-bond acceptors (Lipinski definition) is 2. The Morgan fingerprint density at radius 1 is 1.25 bits per heavy atom. The number of benzene rings is 2. The van der Waals surface area contributed by atoms with E-state index in [2.05, 4.69) is 0 Å². The van der Waals surface area contributed by atoms with Crippen LogP contribution in [-0.2, 0) is 6.61 Å². The van der Waals surface area contributed by atoms with E-state index in [1.165, 1.54) is 12.1 Å². The standard InChI is InChI=1S/C16H17ClFNO/c1-10-3-5-14(18)7-13(10)9-20-16-6-4-12(11(2)19)8-15(16)17/h3-8,11H,9,19H2,1-2H3. The van der Waals surface area contributed by atoms with Gasteiger partial charge in [0.15, 0.2) is 0 Å². The van der Waals surface area contributed by atoms with Crippen LogP contribution in [0.25, 0.3) is 0 Å². The van der Waals surface area contributed by atoms with Crippen LogP contribution in [0.4, 0.5) is 4.39 Å². The molecule has 0 aliphatic heterocycles. The lowest BCUT2D eigenvalue weighted by molar-refractivity contribution is 0.305. The fourth-order valence-corrected chi connectivity index (χ4v) is 2.11. The molecule has 0 radical (unpaired) electrons. The van der Waals surface area contributed by atoms with Gasteiger partial charge in [0.2, 0.25) is 0 Å². The van der Waals surface area contributed by atoms with Gasteiger partial charge in [0, 0.05) is 6.04 Å². The maximum absolute atomic E-state index is 13.2. The SMILES string of the molecule is Cc1ccc(F)cc1COc1ccc(C(C)N)cc1Cl. The van der Waals surface area contributed by atoms with Crippen LogP contribution in [0.15, 0.2) is 36.4 Å². The van der Waals surface area contributed by atoms with Crippen molar-refractivity contribution in [3.8, 4) is 5.75 Å². The first kappa shape index (κ1) is 14.8. The number of ether oxygens (including phenoxy) is 1. The van der Waals surface area contributed by atoms with E-state index in [4.69, 9.17) is 22.1 Å². The summed E-state index contributed by atoms with van der Waals surface area (Å²) in [4.78, 5) is 0. The molecule has 106 valence electrons. The second-order valence-corrected chi connectivity index (χ2v) is 5.25. The first-order chi connectivity index (χ1) is 9.47. The van der Waals surface area contributed by atoms with Crippen molar-refractivity contribution in [1.29, 1.82) is 0 Å². The van der Waals surface area contributed by atoms with E-state index < -0.39 is 0 Å². The van der Waals surface area contributed by atoms with Gasteiger partial charge in [-0.15, -0.1) is 0 Å². The summed E-state index contributed by atoms with van der Waals surface area (Å²) in [6.07, 6.45) is 0. The zero-order chi connectivity index (χ0) is 14.7. The summed E-state index contributed by atoms with van der Waals surface area (Å²) in [6, 6.07) is 10.0. The fraction of sp³-hybridized carbons (Fsp3) is 0.250. The van der Waals surface area contributed by atoms with Crippen molar-refractivity contribution in [2.24, 2.45) is 5.73 Å². The number of aryl methyl sites for hydroxylation is 1. The molecular formula is C16H17ClFNO. The molecule has 2 aromatic rings. The quantitative estimate of drug-likeness (QED) is 0.907. The van der Waals surface area contributed by atoms with Crippen molar-refractivity contribution in [3.63, 3.8) is 0 Å². The lowest BCUT2D eigenvalue weighted by Crippen LogP contribution is -2.05. The molecular weight excluding hydrogens is 277 g/mol. The molecule has 1 atom stereocenters. The van der Waals surface area contributed by atoms with E-state index in [1.54, 1.807) is 18.2 Å². The van der Waals surface area contributed by atoms with Crippen molar-refractivity contribution in [2.45, 2.75) is 26.5 Å². The van der Waals surface area contributed by atoms with Gasteiger partial charge >= 0.3 is 0 Å². The summed E-state index contributed by atoms with van der Waals surface area (Å²) in [6.45, 7) is 4.09. The Morgan fingerprint density at radius 3 is 2.65 bits per heavy atom. The molecule has 4 heteroatoms. The Balaban J connectivity index is 2.13. The third-order valence-corrected chi connectivity index (χ3v) is 3.47. The molecule has 2 aromatic carbocycles. The van der Waals surface area contributed by atoms with Crippen LogP contribution in [0.5, 0.6) is 5.75 Å². The number of nitrogens with two attached hydrogens (primary N) is 1. The largest absolute Gasteiger partial charge is 0.487 e. The molecule has 0 aliphatic carbocycles. The van der Waals surface area contributed by atoms with Crippen molar-refractivity contribution in [3.05, 3.63) is 63.9 Å². The van der Waals surface area contributed by atoms with Gasteiger partial charge < -0.3 is 10.5 Å². The van der Waals surface area contributed by atoms with Gasteiger partial charge in [-0.05, 0) is 54.8 Å².